The Labute approximate surface area is 243 Å². The Morgan fingerprint density at radius 3 is 2.59 bits per heavy atom. The molecule has 3 aromatic carbocycles. The van der Waals surface area contributed by atoms with Gasteiger partial charge in [-0.2, -0.15) is 0 Å². The van der Waals surface area contributed by atoms with Crippen molar-refractivity contribution in [2.75, 3.05) is 18.2 Å². The molecule has 0 unspecified atom stereocenters. The number of Topliss-reactive ketones (excluding diaryl/α,β-unsaturated/α-hetero) is 1. The third-order valence-electron chi connectivity index (χ3n) is 7.71. The van der Waals surface area contributed by atoms with Crippen molar-refractivity contribution < 1.29 is 28.4 Å². The number of nitrogen functional groups attached to an aromatic ring is 1. The third kappa shape index (κ3) is 4.50. The molecule has 5 rings (SSSR count). The first kappa shape index (κ1) is 28.5. The van der Waals surface area contributed by atoms with Crippen LogP contribution in [0.25, 0.3) is 0 Å². The highest BCUT2D eigenvalue weighted by molar-refractivity contribution is 6.31. The van der Waals surface area contributed by atoms with E-state index in [0.29, 0.717) is 21.8 Å². The van der Waals surface area contributed by atoms with Crippen LogP contribution in [0.1, 0.15) is 49.7 Å². The second kappa shape index (κ2) is 10.4. The molecule has 0 bridgehead atoms. The second-order valence-corrected chi connectivity index (χ2v) is 10.8. The maximum atomic E-state index is 15.5. The summed E-state index contributed by atoms with van der Waals surface area (Å²) in [5, 5.41) is 18.4. The molecule has 0 aromatic heterocycles. The number of halogens is 3. The summed E-state index contributed by atoms with van der Waals surface area (Å²) < 4.78 is 20.3. The highest BCUT2D eigenvalue weighted by Gasteiger charge is 2.67. The number of anilines is 2. The molecule has 1 saturated heterocycles. The number of nitro groups is 1. The van der Waals surface area contributed by atoms with E-state index in [0.717, 1.165) is 0 Å². The topological polar surface area (TPSA) is 154 Å². The molecule has 13 heteroatoms. The quantitative estimate of drug-likeness (QED) is 0.122. The van der Waals surface area contributed by atoms with Gasteiger partial charge < -0.3 is 15.8 Å². The van der Waals surface area contributed by atoms with Crippen LogP contribution in [0.5, 0.6) is 0 Å². The smallest absolute Gasteiger partial charge is 0.338 e. The molecule has 0 radical (unpaired) electrons. The molecule has 2 heterocycles. The maximum absolute atomic E-state index is 15.5. The van der Waals surface area contributed by atoms with Crippen LogP contribution in [0.3, 0.4) is 0 Å². The molecule has 10 nitrogen and oxygen atoms in total. The number of esters is 1. The number of benzene rings is 3. The van der Waals surface area contributed by atoms with E-state index in [1.54, 1.807) is 6.92 Å². The molecule has 41 heavy (non-hydrogen) atoms. The molecule has 4 N–H and O–H groups in total. The first-order valence-corrected chi connectivity index (χ1v) is 13.1. The van der Waals surface area contributed by atoms with Gasteiger partial charge in [-0.25, -0.2) is 9.18 Å². The van der Waals surface area contributed by atoms with E-state index in [4.69, 9.17) is 33.7 Å². The first-order chi connectivity index (χ1) is 19.4. The van der Waals surface area contributed by atoms with Crippen LogP contribution in [0.15, 0.2) is 48.5 Å². The van der Waals surface area contributed by atoms with E-state index in [-0.39, 0.29) is 27.4 Å². The first-order valence-electron chi connectivity index (χ1n) is 12.4. The number of carbonyl (C=O) groups excluding carboxylic acids is 3. The Balaban J connectivity index is 1.64. The molecule has 2 aliphatic heterocycles. The zero-order valence-electron chi connectivity index (χ0n) is 21.7. The number of ether oxygens (including phenoxy) is 1. The molecule has 2 aliphatic rings. The lowest BCUT2D eigenvalue weighted by Gasteiger charge is -2.30. The number of rotatable bonds is 6. The van der Waals surface area contributed by atoms with Gasteiger partial charge >= 0.3 is 5.97 Å². The van der Waals surface area contributed by atoms with Crippen LogP contribution in [0, 0.1) is 22.9 Å². The van der Waals surface area contributed by atoms with Gasteiger partial charge in [0.2, 0.25) is 11.9 Å². The van der Waals surface area contributed by atoms with Gasteiger partial charge in [0, 0.05) is 44.4 Å². The summed E-state index contributed by atoms with van der Waals surface area (Å²) in [6.07, 6.45) is -0.469. The summed E-state index contributed by atoms with van der Waals surface area (Å²) >= 11 is 12.2. The Morgan fingerprint density at radius 2 is 1.90 bits per heavy atom. The molecule has 0 aliphatic carbocycles. The normalized spacial score (nSPS) is 22.9. The number of methoxy groups -OCH3 is 1. The molecular weight excluding hydrogens is 578 g/mol. The van der Waals surface area contributed by atoms with Gasteiger partial charge in [-0.1, -0.05) is 41.4 Å². The number of aryl methyl sites for hydroxylation is 1. The Morgan fingerprint density at radius 1 is 1.17 bits per heavy atom. The zero-order valence-corrected chi connectivity index (χ0v) is 23.2. The van der Waals surface area contributed by atoms with Crippen molar-refractivity contribution >= 4 is 52.2 Å². The van der Waals surface area contributed by atoms with Gasteiger partial charge in [0.25, 0.3) is 0 Å². The van der Waals surface area contributed by atoms with E-state index in [2.05, 4.69) is 10.6 Å². The van der Waals surface area contributed by atoms with Gasteiger partial charge in [-0.3, -0.25) is 25.0 Å². The summed E-state index contributed by atoms with van der Waals surface area (Å²) in [4.78, 5) is 51.4. The number of nitrogens with zero attached hydrogens (tertiary/aromatic N) is 1. The molecule has 212 valence electrons. The Kier molecular flexibility index (Phi) is 7.22. The Hall–Kier alpha value is -4.06. The van der Waals surface area contributed by atoms with Crippen molar-refractivity contribution in [1.82, 2.24) is 5.32 Å². The van der Waals surface area contributed by atoms with E-state index in [1.165, 1.54) is 55.6 Å². The molecule has 4 atom stereocenters. The fourth-order valence-electron chi connectivity index (χ4n) is 5.94. The van der Waals surface area contributed by atoms with Crippen LogP contribution in [-0.2, 0) is 15.1 Å². The van der Waals surface area contributed by atoms with Crippen LogP contribution >= 0.6 is 23.2 Å². The molecule has 1 amide bonds. The predicted molar refractivity (Wildman–Crippen MR) is 149 cm³/mol. The largest absolute Gasteiger partial charge is 0.465 e. The minimum absolute atomic E-state index is 0.0256. The summed E-state index contributed by atoms with van der Waals surface area (Å²) in [7, 11) is 1.21. The van der Waals surface area contributed by atoms with Crippen LogP contribution in [0.2, 0.25) is 10.0 Å². The molecule has 0 saturated carbocycles. The zero-order chi connectivity index (χ0) is 29.8. The van der Waals surface area contributed by atoms with Gasteiger partial charge in [0.05, 0.1) is 29.7 Å². The second-order valence-electron chi connectivity index (χ2n) is 9.97. The number of amides is 1. The molecule has 1 spiro atoms. The van der Waals surface area contributed by atoms with Crippen molar-refractivity contribution in [2.24, 2.45) is 0 Å². The van der Waals surface area contributed by atoms with E-state index in [1.807, 2.05) is 0 Å². The average Bonchev–Trinajstić information content (AvgIpc) is 3.39. The Bertz CT molecular complexity index is 1650. The van der Waals surface area contributed by atoms with Crippen LogP contribution in [-0.4, -0.2) is 41.8 Å². The standard InChI is InChI=1S/C28H23Cl2FN4O6/c1-12-8-16(19(32)10-15(12)26(37)41-2)22(36)11-21-25(35(39)40)23(14-4-3-5-18(30)24(14)31)28(34-21)17-7-6-13(29)9-20(17)33-27(28)38/h3-10,21,23,25,34H,11,32H2,1-2H3,(H,33,38)/t21-,23-,25+,28+/m0/s1. The highest BCUT2D eigenvalue weighted by Crippen LogP contribution is 2.54. The lowest BCUT2D eigenvalue weighted by Crippen LogP contribution is -2.49. The average molecular weight is 601 g/mol. The predicted octanol–water partition coefficient (Wildman–Crippen LogP) is 4.63. The fraction of sp³-hybridized carbons (Fsp3) is 0.250. The molecule has 1 fully saturated rings. The number of hydrogen-bond donors (Lipinski definition) is 3. The summed E-state index contributed by atoms with van der Waals surface area (Å²) in [5.74, 6) is -4.20. The number of carbonyl (C=O) groups is 3. The van der Waals surface area contributed by atoms with Gasteiger partial charge in [-0.15, -0.1) is 0 Å². The van der Waals surface area contributed by atoms with Crippen molar-refractivity contribution in [1.29, 1.82) is 0 Å². The van der Waals surface area contributed by atoms with E-state index in [9.17, 15) is 24.5 Å². The molecule has 3 aromatic rings. The van der Waals surface area contributed by atoms with Crippen LogP contribution < -0.4 is 16.4 Å². The molecular formula is C28H23Cl2FN4O6. The van der Waals surface area contributed by atoms with Gasteiger partial charge in [0.15, 0.2) is 5.78 Å². The van der Waals surface area contributed by atoms with Gasteiger partial charge in [-0.05, 0) is 42.8 Å². The third-order valence-corrected chi connectivity index (χ3v) is 8.24. The number of nitrogens with two attached hydrogens (primary N) is 1. The summed E-state index contributed by atoms with van der Waals surface area (Å²) in [5.41, 5.74) is 5.32. The van der Waals surface area contributed by atoms with Crippen LogP contribution in [0.4, 0.5) is 15.8 Å². The van der Waals surface area contributed by atoms with E-state index < -0.39 is 58.4 Å². The highest BCUT2D eigenvalue weighted by atomic mass is 35.5. The fourth-order valence-corrected chi connectivity index (χ4v) is 6.29. The van der Waals surface area contributed by atoms with Crippen molar-refractivity contribution in [3.63, 3.8) is 0 Å². The maximum Gasteiger partial charge on any atom is 0.338 e. The minimum atomic E-state index is -1.83. The monoisotopic (exact) mass is 600 g/mol. The summed E-state index contributed by atoms with van der Waals surface area (Å²) in [6, 6.07) is 8.43. The number of fused-ring (bicyclic) bond motifs is 2. The summed E-state index contributed by atoms with van der Waals surface area (Å²) in [6.45, 7) is 1.59. The number of ketones is 1. The minimum Gasteiger partial charge on any atom is -0.465 e. The number of nitrogens with one attached hydrogen (secondary N) is 2. The lowest BCUT2D eigenvalue weighted by atomic mass is 9.74. The van der Waals surface area contributed by atoms with Crippen molar-refractivity contribution in [3.05, 3.63) is 102 Å². The van der Waals surface area contributed by atoms with Gasteiger partial charge in [0.1, 0.15) is 11.4 Å². The number of hydrogen-bond acceptors (Lipinski definition) is 8. The van der Waals surface area contributed by atoms with Crippen molar-refractivity contribution in [2.45, 2.75) is 36.9 Å². The van der Waals surface area contributed by atoms with E-state index >= 15 is 4.39 Å². The SMILES string of the molecule is COC(=O)c1cc(N)c(C(=O)C[C@@H]2N[C@@]3(C(=O)Nc4cc(Cl)ccc43)[C@@H](c3cccc(Cl)c3F)[C@@H]2[N+](=O)[O-])cc1C. The van der Waals surface area contributed by atoms with Crippen molar-refractivity contribution in [3.8, 4) is 0 Å². The lowest BCUT2D eigenvalue weighted by molar-refractivity contribution is -0.526.